The summed E-state index contributed by atoms with van der Waals surface area (Å²) in [5.41, 5.74) is 1.73. The molecule has 102 valence electrons. The summed E-state index contributed by atoms with van der Waals surface area (Å²) in [7, 11) is 0. The maximum absolute atomic E-state index is 13.7. The number of halogens is 1. The molecule has 0 unspecified atom stereocenters. The quantitative estimate of drug-likeness (QED) is 0.749. The van der Waals surface area contributed by atoms with Gasteiger partial charge in [-0.05, 0) is 49.3 Å². The Bertz CT molecular complexity index is 361. The Morgan fingerprint density at radius 2 is 1.61 bits per heavy atom. The van der Waals surface area contributed by atoms with E-state index in [-0.39, 0.29) is 5.82 Å². The second-order valence-corrected chi connectivity index (χ2v) is 6.08. The van der Waals surface area contributed by atoms with E-state index in [0.29, 0.717) is 23.6 Å². The first-order chi connectivity index (χ1) is 8.38. The molecule has 0 amide bonds. The summed E-state index contributed by atoms with van der Waals surface area (Å²) in [5, 5.41) is 3.38. The van der Waals surface area contributed by atoms with Gasteiger partial charge < -0.3 is 5.32 Å². The highest BCUT2D eigenvalue weighted by atomic mass is 19.1. The molecule has 0 spiro atoms. The lowest BCUT2D eigenvalue weighted by Crippen LogP contribution is -2.24. The Morgan fingerprint density at radius 3 is 2.11 bits per heavy atom. The monoisotopic (exact) mass is 251 g/mol. The maximum atomic E-state index is 13.7. The van der Waals surface area contributed by atoms with Crippen LogP contribution >= 0.6 is 0 Å². The van der Waals surface area contributed by atoms with Crippen LogP contribution in [0.3, 0.4) is 0 Å². The van der Waals surface area contributed by atoms with E-state index in [4.69, 9.17) is 0 Å². The summed E-state index contributed by atoms with van der Waals surface area (Å²) in [6.45, 7) is 10.8. The topological polar surface area (TPSA) is 12.0 Å². The molecule has 0 aromatic heterocycles. The zero-order valence-corrected chi connectivity index (χ0v) is 12.3. The van der Waals surface area contributed by atoms with Gasteiger partial charge >= 0.3 is 0 Å². The Morgan fingerprint density at radius 1 is 1.06 bits per heavy atom. The zero-order chi connectivity index (χ0) is 13.7. The van der Waals surface area contributed by atoms with Gasteiger partial charge in [-0.15, -0.1) is 0 Å². The third-order valence-electron chi connectivity index (χ3n) is 2.99. The minimum atomic E-state index is -0.155. The molecular formula is C16H26FN. The lowest BCUT2D eigenvalue weighted by molar-refractivity contribution is 0.440. The van der Waals surface area contributed by atoms with Gasteiger partial charge in [0.1, 0.15) is 5.82 Å². The van der Waals surface area contributed by atoms with Crippen molar-refractivity contribution in [2.24, 2.45) is 11.8 Å². The van der Waals surface area contributed by atoms with Crippen molar-refractivity contribution in [2.75, 3.05) is 5.32 Å². The van der Waals surface area contributed by atoms with E-state index < -0.39 is 0 Å². The largest absolute Gasteiger partial charge is 0.380 e. The van der Waals surface area contributed by atoms with Crippen LogP contribution in [0.4, 0.5) is 10.1 Å². The molecule has 1 aromatic rings. The molecule has 1 aromatic carbocycles. The lowest BCUT2D eigenvalue weighted by atomic mass is 9.95. The third-order valence-corrected chi connectivity index (χ3v) is 2.99. The molecule has 0 saturated heterocycles. The van der Waals surface area contributed by atoms with Crippen LogP contribution in [0, 0.1) is 24.6 Å². The predicted molar refractivity (Wildman–Crippen MR) is 77.5 cm³/mol. The SMILES string of the molecule is Cc1ccc(F)c(NC(CC(C)C)CC(C)C)c1. The van der Waals surface area contributed by atoms with Crippen molar-refractivity contribution in [3.63, 3.8) is 0 Å². The van der Waals surface area contributed by atoms with Crippen LogP contribution in [-0.2, 0) is 0 Å². The number of hydrogen-bond donors (Lipinski definition) is 1. The number of hydrogen-bond acceptors (Lipinski definition) is 1. The molecule has 0 radical (unpaired) electrons. The van der Waals surface area contributed by atoms with Crippen molar-refractivity contribution in [3.05, 3.63) is 29.6 Å². The van der Waals surface area contributed by atoms with Gasteiger partial charge in [-0.1, -0.05) is 33.8 Å². The van der Waals surface area contributed by atoms with Gasteiger partial charge in [0, 0.05) is 6.04 Å². The molecule has 0 saturated carbocycles. The van der Waals surface area contributed by atoms with Crippen molar-refractivity contribution < 1.29 is 4.39 Å². The molecule has 0 aliphatic rings. The molecule has 0 aliphatic heterocycles. The lowest BCUT2D eigenvalue weighted by Gasteiger charge is -2.24. The normalized spacial score (nSPS) is 11.6. The smallest absolute Gasteiger partial charge is 0.146 e. The molecule has 1 N–H and O–H groups in total. The molecule has 1 nitrogen and oxygen atoms in total. The first kappa shape index (κ1) is 15.0. The van der Waals surface area contributed by atoms with E-state index in [1.807, 2.05) is 13.0 Å². The van der Waals surface area contributed by atoms with Gasteiger partial charge in [0.15, 0.2) is 0 Å². The Labute approximate surface area is 111 Å². The maximum Gasteiger partial charge on any atom is 0.146 e. The van der Waals surface area contributed by atoms with Gasteiger partial charge in [-0.25, -0.2) is 4.39 Å². The van der Waals surface area contributed by atoms with Crippen LogP contribution in [-0.4, -0.2) is 6.04 Å². The van der Waals surface area contributed by atoms with Crippen molar-refractivity contribution in [2.45, 2.75) is 53.5 Å². The van der Waals surface area contributed by atoms with E-state index in [2.05, 4.69) is 33.0 Å². The molecule has 0 fully saturated rings. The molecular weight excluding hydrogens is 225 g/mol. The van der Waals surface area contributed by atoms with Crippen LogP contribution in [0.2, 0.25) is 0 Å². The summed E-state index contributed by atoms with van der Waals surface area (Å²) in [5.74, 6) is 1.08. The minimum Gasteiger partial charge on any atom is -0.380 e. The highest BCUT2D eigenvalue weighted by Gasteiger charge is 2.14. The van der Waals surface area contributed by atoms with Crippen molar-refractivity contribution >= 4 is 5.69 Å². The third kappa shape index (κ3) is 5.07. The van der Waals surface area contributed by atoms with Crippen LogP contribution in [0.15, 0.2) is 18.2 Å². The van der Waals surface area contributed by atoms with Crippen LogP contribution in [0.5, 0.6) is 0 Å². The van der Waals surface area contributed by atoms with E-state index >= 15 is 0 Å². The molecule has 0 aliphatic carbocycles. The zero-order valence-electron chi connectivity index (χ0n) is 12.3. The van der Waals surface area contributed by atoms with Crippen molar-refractivity contribution in [1.82, 2.24) is 0 Å². The van der Waals surface area contributed by atoms with Gasteiger partial charge in [-0.3, -0.25) is 0 Å². The molecule has 18 heavy (non-hydrogen) atoms. The second kappa shape index (κ2) is 6.77. The number of benzene rings is 1. The molecule has 0 heterocycles. The van der Waals surface area contributed by atoms with Crippen LogP contribution in [0.1, 0.15) is 46.1 Å². The summed E-state index contributed by atoms with van der Waals surface area (Å²) in [6.07, 6.45) is 2.15. The van der Waals surface area contributed by atoms with E-state index in [0.717, 1.165) is 18.4 Å². The number of nitrogens with one attached hydrogen (secondary N) is 1. The van der Waals surface area contributed by atoms with E-state index in [9.17, 15) is 4.39 Å². The summed E-state index contributed by atoms with van der Waals surface area (Å²) in [6, 6.07) is 5.59. The van der Waals surface area contributed by atoms with Crippen molar-refractivity contribution in [1.29, 1.82) is 0 Å². The number of aryl methyl sites for hydroxylation is 1. The number of rotatable bonds is 6. The van der Waals surface area contributed by atoms with Crippen LogP contribution < -0.4 is 5.32 Å². The predicted octanol–water partition coefficient (Wildman–Crippen LogP) is 5.01. The standard InChI is InChI=1S/C16H26FN/c1-11(2)8-14(9-12(3)4)18-16-10-13(5)6-7-15(16)17/h6-7,10-12,14,18H,8-9H2,1-5H3. The fourth-order valence-corrected chi connectivity index (χ4v) is 2.32. The fourth-order valence-electron chi connectivity index (χ4n) is 2.32. The Balaban J connectivity index is 2.77. The average molecular weight is 251 g/mol. The highest BCUT2D eigenvalue weighted by molar-refractivity contribution is 5.47. The summed E-state index contributed by atoms with van der Waals surface area (Å²) < 4.78 is 13.7. The Kier molecular flexibility index (Phi) is 5.64. The van der Waals surface area contributed by atoms with Gasteiger partial charge in [-0.2, -0.15) is 0 Å². The Hall–Kier alpha value is -1.05. The second-order valence-electron chi connectivity index (χ2n) is 6.08. The molecule has 0 bridgehead atoms. The molecule has 1 rings (SSSR count). The molecule has 2 heteroatoms. The van der Waals surface area contributed by atoms with Gasteiger partial charge in [0.05, 0.1) is 5.69 Å². The van der Waals surface area contributed by atoms with E-state index in [1.54, 1.807) is 12.1 Å². The fraction of sp³-hybridized carbons (Fsp3) is 0.625. The molecule has 0 atom stereocenters. The summed E-state index contributed by atoms with van der Waals surface area (Å²) in [4.78, 5) is 0. The minimum absolute atomic E-state index is 0.155. The van der Waals surface area contributed by atoms with Gasteiger partial charge in [0.25, 0.3) is 0 Å². The number of anilines is 1. The first-order valence-electron chi connectivity index (χ1n) is 6.91. The average Bonchev–Trinajstić information content (AvgIpc) is 2.21. The summed E-state index contributed by atoms with van der Waals surface area (Å²) >= 11 is 0. The van der Waals surface area contributed by atoms with Crippen molar-refractivity contribution in [3.8, 4) is 0 Å². The highest BCUT2D eigenvalue weighted by Crippen LogP contribution is 2.22. The first-order valence-corrected chi connectivity index (χ1v) is 6.91. The van der Waals surface area contributed by atoms with Gasteiger partial charge in [0.2, 0.25) is 0 Å². The van der Waals surface area contributed by atoms with Crippen LogP contribution in [0.25, 0.3) is 0 Å². The van der Waals surface area contributed by atoms with E-state index in [1.165, 1.54) is 0 Å².